The minimum atomic E-state index is -0.307. The molecule has 1 fully saturated rings. The average Bonchev–Trinajstić information content (AvgIpc) is 2.67. The van der Waals surface area contributed by atoms with Crippen molar-refractivity contribution in [2.24, 2.45) is 0 Å². The maximum Gasteiger partial charge on any atom is 0.410 e. The Hall–Kier alpha value is -1.79. The molecule has 146 valence electrons. The second-order valence-corrected chi connectivity index (χ2v) is 6.62. The van der Waals surface area contributed by atoms with Gasteiger partial charge in [0.1, 0.15) is 12.8 Å². The molecule has 0 bridgehead atoms. The van der Waals surface area contributed by atoms with Gasteiger partial charge in [0, 0.05) is 18.1 Å². The molecule has 1 atom stereocenters. The third kappa shape index (κ3) is 7.03. The first-order chi connectivity index (χ1) is 12.7. The van der Waals surface area contributed by atoms with E-state index in [1.807, 2.05) is 54.6 Å². The molecule has 0 aliphatic carbocycles. The number of hydrogen-bond donors (Lipinski definition) is 1. The van der Waals surface area contributed by atoms with Gasteiger partial charge in [-0.15, -0.1) is 12.4 Å². The number of amides is 1. The van der Waals surface area contributed by atoms with Crippen LogP contribution in [-0.4, -0.2) is 43.5 Å². The zero-order chi connectivity index (χ0) is 18.2. The molecule has 1 aliphatic heterocycles. The topological polar surface area (TPSA) is 50.8 Å². The summed E-state index contributed by atoms with van der Waals surface area (Å²) in [4.78, 5) is 13.9. The molecule has 0 spiro atoms. The van der Waals surface area contributed by atoms with Crippen LogP contribution in [0.2, 0.25) is 5.02 Å². The summed E-state index contributed by atoms with van der Waals surface area (Å²) in [7, 11) is 0. The number of hydrogen-bond acceptors (Lipinski definition) is 4. The van der Waals surface area contributed by atoms with E-state index in [0.717, 1.165) is 22.6 Å². The van der Waals surface area contributed by atoms with Crippen LogP contribution in [0.15, 0.2) is 54.6 Å². The summed E-state index contributed by atoms with van der Waals surface area (Å²) in [6.45, 7) is 2.61. The lowest BCUT2D eigenvalue weighted by molar-refractivity contribution is -0.0144. The monoisotopic (exact) mass is 410 g/mol. The third-order valence-corrected chi connectivity index (χ3v) is 4.44. The van der Waals surface area contributed by atoms with Crippen molar-refractivity contribution >= 4 is 30.1 Å². The smallest absolute Gasteiger partial charge is 0.410 e. The quantitative estimate of drug-likeness (QED) is 0.784. The fourth-order valence-electron chi connectivity index (χ4n) is 2.82. The summed E-state index contributed by atoms with van der Waals surface area (Å²) >= 11 is 5.99. The maximum atomic E-state index is 12.3. The molecule has 5 nitrogen and oxygen atoms in total. The molecule has 27 heavy (non-hydrogen) atoms. The number of ether oxygens (including phenoxy) is 2. The highest BCUT2D eigenvalue weighted by Crippen LogP contribution is 2.12. The maximum absolute atomic E-state index is 12.3. The first-order valence-electron chi connectivity index (χ1n) is 8.76. The van der Waals surface area contributed by atoms with Crippen molar-refractivity contribution in [3.8, 4) is 0 Å². The van der Waals surface area contributed by atoms with Crippen LogP contribution in [0.3, 0.4) is 0 Å². The molecule has 2 aromatic rings. The first kappa shape index (κ1) is 21.5. The van der Waals surface area contributed by atoms with Crippen molar-refractivity contribution in [1.82, 2.24) is 10.2 Å². The molecule has 1 saturated heterocycles. The molecular weight excluding hydrogens is 387 g/mol. The number of benzene rings is 2. The fraction of sp³-hybridized carbons (Fsp3) is 0.350. The van der Waals surface area contributed by atoms with E-state index in [9.17, 15) is 4.79 Å². The van der Waals surface area contributed by atoms with Gasteiger partial charge in [-0.1, -0.05) is 54.1 Å². The number of nitrogens with one attached hydrogen (secondary N) is 1. The minimum Gasteiger partial charge on any atom is -0.445 e. The Morgan fingerprint density at radius 1 is 1.15 bits per heavy atom. The van der Waals surface area contributed by atoms with E-state index in [1.165, 1.54) is 0 Å². The zero-order valence-corrected chi connectivity index (χ0v) is 16.5. The highest BCUT2D eigenvalue weighted by Gasteiger charge is 2.24. The molecule has 0 saturated carbocycles. The van der Waals surface area contributed by atoms with E-state index in [-0.39, 0.29) is 31.3 Å². The van der Waals surface area contributed by atoms with Gasteiger partial charge >= 0.3 is 6.09 Å². The molecule has 1 N–H and O–H groups in total. The number of carbonyl (C=O) groups excluding carboxylic acids is 1. The normalized spacial score (nSPS) is 16.5. The predicted octanol–water partition coefficient (Wildman–Crippen LogP) is 3.89. The van der Waals surface area contributed by atoms with E-state index in [2.05, 4.69) is 5.32 Å². The van der Waals surface area contributed by atoms with E-state index in [1.54, 1.807) is 4.90 Å². The standard InChI is InChI=1S/C20H23ClN2O3.ClH/c21-18-8-4-7-16(13-18)9-12-25-19-14-23(11-10-22-19)20(24)26-15-17-5-2-1-3-6-17;/h1-8,13,19,22H,9-12,14-15H2;1H. The van der Waals surface area contributed by atoms with E-state index in [0.29, 0.717) is 26.2 Å². The van der Waals surface area contributed by atoms with Gasteiger partial charge in [0.2, 0.25) is 0 Å². The van der Waals surface area contributed by atoms with Crippen molar-refractivity contribution in [3.05, 3.63) is 70.7 Å². The molecule has 1 amide bonds. The lowest BCUT2D eigenvalue weighted by Crippen LogP contribution is -2.53. The van der Waals surface area contributed by atoms with Gasteiger partial charge in [-0.05, 0) is 29.7 Å². The summed E-state index contributed by atoms with van der Waals surface area (Å²) in [5.74, 6) is 0. The Kier molecular flexibility index (Phi) is 8.88. The number of rotatable bonds is 6. The SMILES string of the molecule is Cl.O=C(OCc1ccccc1)N1CCNC(OCCc2cccc(Cl)c2)C1. The summed E-state index contributed by atoms with van der Waals surface area (Å²) in [6.07, 6.45) is 0.281. The van der Waals surface area contributed by atoms with Crippen LogP contribution in [0.5, 0.6) is 0 Å². The zero-order valence-electron chi connectivity index (χ0n) is 15.0. The molecule has 7 heteroatoms. The predicted molar refractivity (Wildman–Crippen MR) is 108 cm³/mol. The summed E-state index contributed by atoms with van der Waals surface area (Å²) in [6, 6.07) is 17.4. The first-order valence-corrected chi connectivity index (χ1v) is 9.13. The summed E-state index contributed by atoms with van der Waals surface area (Å²) in [5, 5.41) is 4.01. The Morgan fingerprint density at radius 3 is 2.70 bits per heavy atom. The van der Waals surface area contributed by atoms with Crippen LogP contribution < -0.4 is 5.32 Å². The highest BCUT2D eigenvalue weighted by atomic mass is 35.5. The van der Waals surface area contributed by atoms with Crippen LogP contribution in [-0.2, 0) is 22.5 Å². The van der Waals surface area contributed by atoms with E-state index in [4.69, 9.17) is 21.1 Å². The van der Waals surface area contributed by atoms with E-state index >= 15 is 0 Å². The van der Waals surface area contributed by atoms with Gasteiger partial charge in [-0.25, -0.2) is 4.79 Å². The summed E-state index contributed by atoms with van der Waals surface area (Å²) in [5.41, 5.74) is 2.11. The second kappa shape index (κ2) is 11.1. The Balaban J connectivity index is 0.00000261. The lowest BCUT2D eigenvalue weighted by atomic mass is 10.2. The Morgan fingerprint density at radius 2 is 1.93 bits per heavy atom. The van der Waals surface area contributed by atoms with Crippen molar-refractivity contribution in [1.29, 1.82) is 0 Å². The van der Waals surface area contributed by atoms with Gasteiger partial charge < -0.3 is 14.4 Å². The minimum absolute atomic E-state index is 0. The van der Waals surface area contributed by atoms with Crippen LogP contribution in [0.1, 0.15) is 11.1 Å². The molecule has 3 rings (SSSR count). The molecule has 0 radical (unpaired) electrons. The Labute approximate surface area is 171 Å². The van der Waals surface area contributed by atoms with Crippen LogP contribution in [0.25, 0.3) is 0 Å². The van der Waals surface area contributed by atoms with Crippen LogP contribution in [0.4, 0.5) is 4.79 Å². The van der Waals surface area contributed by atoms with Crippen LogP contribution >= 0.6 is 24.0 Å². The van der Waals surface area contributed by atoms with Gasteiger partial charge in [-0.2, -0.15) is 0 Å². The van der Waals surface area contributed by atoms with E-state index < -0.39 is 0 Å². The lowest BCUT2D eigenvalue weighted by Gasteiger charge is -2.32. The third-order valence-electron chi connectivity index (χ3n) is 4.20. The molecule has 1 heterocycles. The largest absolute Gasteiger partial charge is 0.445 e. The van der Waals surface area contributed by atoms with Crippen molar-refractivity contribution in [2.75, 3.05) is 26.2 Å². The molecule has 1 aliphatic rings. The molecular formula is C20H24Cl2N2O3. The van der Waals surface area contributed by atoms with Gasteiger partial charge in [0.25, 0.3) is 0 Å². The van der Waals surface area contributed by atoms with Crippen molar-refractivity contribution in [2.45, 2.75) is 19.3 Å². The average molecular weight is 411 g/mol. The van der Waals surface area contributed by atoms with Crippen LogP contribution in [0, 0.1) is 0 Å². The second-order valence-electron chi connectivity index (χ2n) is 6.18. The fourth-order valence-corrected chi connectivity index (χ4v) is 3.03. The number of carbonyl (C=O) groups is 1. The van der Waals surface area contributed by atoms with Gasteiger partial charge in [0.15, 0.2) is 0 Å². The van der Waals surface area contributed by atoms with Gasteiger partial charge in [0.05, 0.1) is 13.2 Å². The molecule has 0 aromatic heterocycles. The van der Waals surface area contributed by atoms with Gasteiger partial charge in [-0.3, -0.25) is 5.32 Å². The van der Waals surface area contributed by atoms with Crippen molar-refractivity contribution < 1.29 is 14.3 Å². The molecule has 2 aromatic carbocycles. The number of piperazine rings is 1. The van der Waals surface area contributed by atoms with Crippen molar-refractivity contribution in [3.63, 3.8) is 0 Å². The number of halogens is 2. The highest BCUT2D eigenvalue weighted by molar-refractivity contribution is 6.30. The summed E-state index contributed by atoms with van der Waals surface area (Å²) < 4.78 is 11.3. The Bertz CT molecular complexity index is 715. The number of nitrogens with zero attached hydrogens (tertiary/aromatic N) is 1. The molecule has 1 unspecified atom stereocenters.